The minimum atomic E-state index is -5.08. The lowest BCUT2D eigenvalue weighted by Gasteiger charge is -2.45. The Bertz CT molecular complexity index is 1460. The van der Waals surface area contributed by atoms with Gasteiger partial charge in [0.05, 0.1) is 14.2 Å². The SMILES string of the molecule is COc1ccc(C23CCC(NC(=O)Nc4ccc(F)c(F)c4)CC2N(Cc2ccsc2)CC3)cc1OC.O=C(O)C(F)(F)F. The Morgan fingerprint density at radius 3 is 2.39 bits per heavy atom. The van der Waals surface area contributed by atoms with Crippen LogP contribution >= 0.6 is 11.3 Å². The van der Waals surface area contributed by atoms with Crippen molar-refractivity contribution in [2.24, 2.45) is 0 Å². The van der Waals surface area contributed by atoms with Crippen LogP contribution in [0.25, 0.3) is 0 Å². The average Bonchev–Trinajstić information content (AvgIpc) is 3.63. The quantitative estimate of drug-likeness (QED) is 0.253. The Kier molecular flexibility index (Phi) is 10.4. The van der Waals surface area contributed by atoms with Crippen LogP contribution in [-0.4, -0.2) is 61.0 Å². The molecule has 238 valence electrons. The van der Waals surface area contributed by atoms with Crippen LogP contribution in [-0.2, 0) is 16.8 Å². The first kappa shape index (κ1) is 33.0. The molecular weight excluding hydrogens is 609 g/mol. The lowest BCUT2D eigenvalue weighted by Crippen LogP contribution is -2.52. The number of urea groups is 1. The number of methoxy groups -OCH3 is 2. The van der Waals surface area contributed by atoms with Crippen LogP contribution in [0.5, 0.6) is 11.5 Å². The number of benzene rings is 2. The number of hydrogen-bond acceptors (Lipinski definition) is 6. The zero-order chi connectivity index (χ0) is 32.1. The number of aliphatic carboxylic acids is 1. The zero-order valence-corrected chi connectivity index (χ0v) is 24.7. The number of thiophene rings is 1. The smallest absolute Gasteiger partial charge is 0.490 e. The fourth-order valence-electron chi connectivity index (χ4n) is 5.99. The van der Waals surface area contributed by atoms with Crippen molar-refractivity contribution in [3.8, 4) is 11.5 Å². The van der Waals surface area contributed by atoms with E-state index in [0.29, 0.717) is 5.75 Å². The zero-order valence-electron chi connectivity index (χ0n) is 23.9. The second-order valence-corrected chi connectivity index (χ2v) is 11.4. The van der Waals surface area contributed by atoms with E-state index in [2.05, 4.69) is 44.5 Å². The molecule has 0 spiro atoms. The molecule has 2 aromatic carbocycles. The monoisotopic (exact) mass is 641 g/mol. The number of halogens is 5. The van der Waals surface area contributed by atoms with E-state index in [1.165, 1.54) is 17.2 Å². The largest absolute Gasteiger partial charge is 0.493 e. The van der Waals surface area contributed by atoms with Gasteiger partial charge in [0.2, 0.25) is 0 Å². The van der Waals surface area contributed by atoms with Crippen LogP contribution in [0.3, 0.4) is 0 Å². The molecule has 3 aromatic rings. The predicted octanol–water partition coefficient (Wildman–Crippen LogP) is 6.56. The number of nitrogens with one attached hydrogen (secondary N) is 2. The lowest BCUT2D eigenvalue weighted by atomic mass is 9.65. The van der Waals surface area contributed by atoms with Crippen LogP contribution in [0.2, 0.25) is 0 Å². The fourth-order valence-corrected chi connectivity index (χ4v) is 6.65. The van der Waals surface area contributed by atoms with Gasteiger partial charge in [-0.2, -0.15) is 24.5 Å². The molecule has 1 saturated heterocycles. The molecule has 1 aliphatic carbocycles. The van der Waals surface area contributed by atoms with Crippen molar-refractivity contribution in [2.75, 3.05) is 26.1 Å². The third-order valence-corrected chi connectivity index (χ3v) is 8.78. The fraction of sp³-hybridized carbons (Fsp3) is 0.400. The molecule has 5 rings (SSSR count). The summed E-state index contributed by atoms with van der Waals surface area (Å²) in [7, 11) is 3.29. The number of nitrogens with zero attached hydrogens (tertiary/aromatic N) is 1. The first-order chi connectivity index (χ1) is 20.9. The summed E-state index contributed by atoms with van der Waals surface area (Å²) >= 11 is 1.70. The minimum absolute atomic E-state index is 0.0494. The molecule has 8 nitrogen and oxygen atoms in total. The molecule has 1 aliphatic heterocycles. The highest BCUT2D eigenvalue weighted by atomic mass is 32.1. The van der Waals surface area contributed by atoms with Gasteiger partial charge in [-0.25, -0.2) is 18.4 Å². The van der Waals surface area contributed by atoms with Gasteiger partial charge in [-0.1, -0.05) is 6.07 Å². The summed E-state index contributed by atoms with van der Waals surface area (Å²) in [6, 6.07) is 11.5. The van der Waals surface area contributed by atoms with Crippen molar-refractivity contribution in [3.63, 3.8) is 0 Å². The van der Waals surface area contributed by atoms with Gasteiger partial charge in [0.1, 0.15) is 0 Å². The summed E-state index contributed by atoms with van der Waals surface area (Å²) in [5, 5.41) is 17.1. The molecular formula is C30H32F5N3O5S. The first-order valence-corrected chi connectivity index (χ1v) is 14.6. The van der Waals surface area contributed by atoms with Gasteiger partial charge in [0.25, 0.3) is 0 Å². The topological polar surface area (TPSA) is 100 Å². The summed E-state index contributed by atoms with van der Waals surface area (Å²) in [6.45, 7) is 1.82. The number of likely N-dealkylation sites (tertiary alicyclic amines) is 1. The molecule has 1 saturated carbocycles. The Morgan fingerprint density at radius 1 is 1.05 bits per heavy atom. The van der Waals surface area contributed by atoms with Gasteiger partial charge in [0, 0.05) is 35.8 Å². The molecule has 3 unspecified atom stereocenters. The normalized spacial score (nSPS) is 21.4. The predicted molar refractivity (Wildman–Crippen MR) is 154 cm³/mol. The van der Waals surface area contributed by atoms with Crippen LogP contribution in [0.1, 0.15) is 36.8 Å². The van der Waals surface area contributed by atoms with Crippen molar-refractivity contribution in [1.82, 2.24) is 10.2 Å². The molecule has 3 N–H and O–H groups in total. The molecule has 0 bridgehead atoms. The molecule has 44 heavy (non-hydrogen) atoms. The molecule has 2 aliphatic rings. The van der Waals surface area contributed by atoms with Gasteiger partial charge < -0.3 is 25.2 Å². The second-order valence-electron chi connectivity index (χ2n) is 10.6. The number of amides is 2. The number of carbonyl (C=O) groups excluding carboxylic acids is 1. The molecule has 14 heteroatoms. The number of carboxylic acid groups (broad SMARTS) is 1. The summed E-state index contributed by atoms with van der Waals surface area (Å²) in [5.41, 5.74) is 2.67. The first-order valence-electron chi connectivity index (χ1n) is 13.7. The summed E-state index contributed by atoms with van der Waals surface area (Å²) < 4.78 is 69.6. The van der Waals surface area contributed by atoms with E-state index in [0.717, 1.165) is 56.7 Å². The Morgan fingerprint density at radius 2 is 1.77 bits per heavy atom. The maximum Gasteiger partial charge on any atom is 0.490 e. The van der Waals surface area contributed by atoms with Gasteiger partial charge in [-0.15, -0.1) is 0 Å². The van der Waals surface area contributed by atoms with Crippen molar-refractivity contribution < 1.29 is 46.1 Å². The molecule has 2 amide bonds. The maximum atomic E-state index is 13.6. The lowest BCUT2D eigenvalue weighted by molar-refractivity contribution is -0.192. The second kappa shape index (κ2) is 13.8. The standard InChI is InChI=1S/C28H31F2N3O3S.C2HF3O2/c1-35-24-6-3-19(13-25(24)36-2)28-9-7-21(32-27(34)31-20-4-5-22(29)23(30)14-20)15-26(28)33(11-10-28)16-18-8-12-37-17-18;3-2(4,5)1(6)7/h3-6,8,12-14,17,21,26H,7,9-11,15-16H2,1-2H3,(H2,31,32,34);(H,6,7). The van der Waals surface area contributed by atoms with Crippen LogP contribution in [0, 0.1) is 11.6 Å². The molecule has 1 aromatic heterocycles. The number of hydrogen-bond donors (Lipinski definition) is 3. The van der Waals surface area contributed by atoms with E-state index < -0.39 is 29.8 Å². The average molecular weight is 642 g/mol. The molecule has 0 radical (unpaired) electrons. The van der Waals surface area contributed by atoms with Crippen molar-refractivity contribution in [1.29, 1.82) is 0 Å². The van der Waals surface area contributed by atoms with E-state index in [1.54, 1.807) is 25.6 Å². The number of carboxylic acids is 1. The number of carbonyl (C=O) groups is 2. The summed E-state index contributed by atoms with van der Waals surface area (Å²) in [4.78, 5) is 24.2. The van der Waals surface area contributed by atoms with E-state index in [4.69, 9.17) is 19.4 Å². The number of alkyl halides is 3. The van der Waals surface area contributed by atoms with Gasteiger partial charge in [-0.3, -0.25) is 4.90 Å². The molecule has 2 heterocycles. The van der Waals surface area contributed by atoms with Crippen molar-refractivity contribution >= 4 is 29.0 Å². The number of ether oxygens (including phenoxy) is 2. The number of fused-ring (bicyclic) bond motifs is 1. The number of rotatable bonds is 7. The third kappa shape index (κ3) is 7.59. The highest BCUT2D eigenvalue weighted by molar-refractivity contribution is 7.07. The van der Waals surface area contributed by atoms with E-state index >= 15 is 0 Å². The van der Waals surface area contributed by atoms with E-state index in [1.807, 2.05) is 6.07 Å². The summed E-state index contributed by atoms with van der Waals surface area (Å²) in [5.74, 6) is -3.28. The van der Waals surface area contributed by atoms with Gasteiger partial charge >= 0.3 is 18.2 Å². The van der Waals surface area contributed by atoms with Crippen LogP contribution in [0.4, 0.5) is 32.4 Å². The Hall–Kier alpha value is -3.91. The Balaban J connectivity index is 0.000000566. The van der Waals surface area contributed by atoms with Crippen LogP contribution < -0.4 is 20.1 Å². The van der Waals surface area contributed by atoms with Crippen LogP contribution in [0.15, 0.2) is 53.2 Å². The third-order valence-electron chi connectivity index (χ3n) is 8.05. The number of anilines is 1. The minimum Gasteiger partial charge on any atom is -0.493 e. The highest BCUT2D eigenvalue weighted by Crippen LogP contribution is 2.50. The van der Waals surface area contributed by atoms with E-state index in [9.17, 15) is 26.7 Å². The summed E-state index contributed by atoms with van der Waals surface area (Å²) in [6.07, 6.45) is -1.57. The van der Waals surface area contributed by atoms with Gasteiger partial charge in [0.15, 0.2) is 23.1 Å². The Labute approximate surface area is 254 Å². The molecule has 2 fully saturated rings. The highest BCUT2D eigenvalue weighted by Gasteiger charge is 2.51. The maximum absolute atomic E-state index is 13.6. The van der Waals surface area contributed by atoms with Crippen molar-refractivity contribution in [3.05, 3.63) is 76.0 Å². The van der Waals surface area contributed by atoms with Crippen molar-refractivity contribution in [2.45, 2.75) is 55.9 Å². The van der Waals surface area contributed by atoms with Gasteiger partial charge in [-0.05, 0) is 84.4 Å². The molecule has 3 atom stereocenters. The van der Waals surface area contributed by atoms with E-state index in [-0.39, 0.29) is 23.2 Å².